The van der Waals surface area contributed by atoms with Crippen LogP contribution in [0.4, 0.5) is 11.4 Å². The molecule has 0 fully saturated rings. The van der Waals surface area contributed by atoms with Crippen molar-refractivity contribution in [2.24, 2.45) is 0 Å². The maximum Gasteiger partial charge on any atom is 0.294 e. The number of methoxy groups -OCH3 is 2. The molecule has 0 saturated carbocycles. The lowest BCUT2D eigenvalue weighted by molar-refractivity contribution is -0.112. The van der Waals surface area contributed by atoms with Gasteiger partial charge in [-0.3, -0.25) is 18.7 Å². The minimum Gasteiger partial charge on any atom is -0.496 e. The fourth-order valence-corrected chi connectivity index (χ4v) is 9.24. The minimum atomic E-state index is -4.42. The third kappa shape index (κ3) is 11.3. The van der Waals surface area contributed by atoms with Crippen LogP contribution in [0.15, 0.2) is 141 Å². The lowest BCUT2D eigenvalue weighted by Crippen LogP contribution is -2.08. The van der Waals surface area contributed by atoms with Gasteiger partial charge in [0.05, 0.1) is 44.1 Å². The molecule has 4 N–H and O–H groups in total. The number of para-hydroxylation sites is 2. The number of amides is 2. The third-order valence-electron chi connectivity index (χ3n) is 9.08. The molecular weight excluding hydrogens is 955 g/mol. The molecule has 0 spiro atoms. The van der Waals surface area contributed by atoms with Gasteiger partial charge < -0.3 is 20.1 Å². The highest BCUT2D eigenvalue weighted by atomic mass is 35.5. The Morgan fingerprint density at radius 1 is 0.540 bits per heavy atom. The summed E-state index contributed by atoms with van der Waals surface area (Å²) in [5.41, 5.74) is 3.50. The van der Waals surface area contributed by atoms with Crippen molar-refractivity contribution in [3.63, 3.8) is 0 Å². The topological polar surface area (TPSA) is 185 Å². The first-order valence-corrected chi connectivity index (χ1v) is 23.2. The second-order valence-electron chi connectivity index (χ2n) is 13.1. The Morgan fingerprint density at radius 2 is 0.889 bits per heavy atom. The van der Waals surface area contributed by atoms with E-state index in [1.807, 2.05) is 0 Å². The summed E-state index contributed by atoms with van der Waals surface area (Å²) in [5.74, 6) is -0.200. The van der Waals surface area contributed by atoms with Crippen molar-refractivity contribution in [2.45, 2.75) is 19.6 Å². The average Bonchev–Trinajstić information content (AvgIpc) is 3.25. The summed E-state index contributed by atoms with van der Waals surface area (Å²) >= 11 is 29.2. The Balaban J connectivity index is 1.40. The highest BCUT2D eigenvalue weighted by Gasteiger charge is 2.23. The lowest BCUT2D eigenvalue weighted by atomic mass is 9.98. The first-order chi connectivity index (χ1) is 29.9. The second kappa shape index (κ2) is 20.0. The zero-order chi connectivity index (χ0) is 45.6. The normalized spacial score (nSPS) is 11.8. The molecule has 0 unspecified atom stereocenters. The first kappa shape index (κ1) is 47.2. The number of halogens is 4. The van der Waals surface area contributed by atoms with E-state index in [1.165, 1.54) is 62.8 Å². The zero-order valence-electron chi connectivity index (χ0n) is 32.6. The van der Waals surface area contributed by atoms with Gasteiger partial charge in [-0.15, -0.1) is 0 Å². The first-order valence-electron chi connectivity index (χ1n) is 18.0. The van der Waals surface area contributed by atoms with E-state index < -0.39 is 32.1 Å². The van der Waals surface area contributed by atoms with Crippen LogP contribution in [0.1, 0.15) is 11.1 Å². The van der Waals surface area contributed by atoms with E-state index in [0.717, 1.165) is 36.0 Å². The van der Waals surface area contributed by atoms with Crippen LogP contribution in [0, 0.1) is 0 Å². The molecule has 0 aliphatic carbocycles. The summed E-state index contributed by atoms with van der Waals surface area (Å²) in [7, 11) is -5.84. The average molecular weight is 987 g/mol. The van der Waals surface area contributed by atoms with Gasteiger partial charge in [-0.2, -0.15) is 16.8 Å². The monoisotopic (exact) mass is 984 g/mol. The van der Waals surface area contributed by atoms with Crippen LogP contribution < -0.4 is 20.1 Å². The van der Waals surface area contributed by atoms with Gasteiger partial charge in [-0.1, -0.05) is 94.6 Å². The molecule has 0 saturated heterocycles. The number of hydrogen-bond donors (Lipinski definition) is 4. The molecule has 6 rings (SSSR count). The zero-order valence-corrected chi connectivity index (χ0v) is 38.1. The van der Waals surface area contributed by atoms with Crippen LogP contribution in [-0.2, 0) is 29.8 Å². The minimum absolute atomic E-state index is 0.0782. The predicted octanol–water partition coefficient (Wildman–Crippen LogP) is 11.6. The number of hydrogen-bond acceptors (Lipinski definition) is 9. The molecule has 0 aliphatic heterocycles. The van der Waals surface area contributed by atoms with Gasteiger partial charge in [0.25, 0.3) is 20.2 Å². The number of carbonyl (C=O) groups excluding carboxylic acids is 2. The van der Waals surface area contributed by atoms with E-state index in [2.05, 4.69) is 10.6 Å². The van der Waals surface area contributed by atoms with E-state index in [-0.39, 0.29) is 41.3 Å². The Labute approximate surface area is 387 Å². The van der Waals surface area contributed by atoms with Crippen molar-refractivity contribution in [3.05, 3.63) is 153 Å². The Morgan fingerprint density at radius 3 is 1.22 bits per heavy atom. The van der Waals surface area contributed by atoms with Crippen LogP contribution in [0.25, 0.3) is 34.4 Å². The number of benzene rings is 6. The quantitative estimate of drug-likeness (QED) is 0.0601. The van der Waals surface area contributed by atoms with Crippen molar-refractivity contribution in [1.82, 2.24) is 0 Å². The highest BCUT2D eigenvalue weighted by molar-refractivity contribution is 7.99. The van der Waals surface area contributed by atoms with E-state index >= 15 is 0 Å². The molecule has 324 valence electrons. The van der Waals surface area contributed by atoms with E-state index in [4.69, 9.17) is 55.9 Å². The number of nitrogens with one attached hydrogen (secondary N) is 2. The van der Waals surface area contributed by atoms with Gasteiger partial charge in [0, 0.05) is 55.6 Å². The van der Waals surface area contributed by atoms with Crippen molar-refractivity contribution in [1.29, 1.82) is 0 Å². The van der Waals surface area contributed by atoms with Gasteiger partial charge in [0.1, 0.15) is 11.5 Å². The van der Waals surface area contributed by atoms with Gasteiger partial charge in [-0.25, -0.2) is 0 Å². The van der Waals surface area contributed by atoms with Crippen LogP contribution in [0.5, 0.6) is 11.5 Å². The third-order valence-corrected chi connectivity index (χ3v) is 13.9. The Hall–Kier alpha value is -5.33. The number of rotatable bonds is 14. The van der Waals surface area contributed by atoms with Crippen LogP contribution in [0.3, 0.4) is 0 Å². The second-order valence-corrected chi connectivity index (χ2v) is 18.5. The summed E-state index contributed by atoms with van der Waals surface area (Å²) in [6.45, 7) is 0. The van der Waals surface area contributed by atoms with Gasteiger partial charge in [-0.05, 0) is 96.1 Å². The molecule has 12 nitrogen and oxygen atoms in total. The summed E-state index contributed by atoms with van der Waals surface area (Å²) in [6.07, 6.45) is 5.40. The molecule has 0 heterocycles. The van der Waals surface area contributed by atoms with Crippen molar-refractivity contribution in [3.8, 4) is 33.8 Å². The Kier molecular flexibility index (Phi) is 15.0. The van der Waals surface area contributed by atoms with Gasteiger partial charge in [0.2, 0.25) is 11.8 Å². The van der Waals surface area contributed by atoms with Crippen LogP contribution >= 0.6 is 58.2 Å². The molecule has 63 heavy (non-hydrogen) atoms. The highest BCUT2D eigenvalue weighted by Crippen LogP contribution is 2.50. The van der Waals surface area contributed by atoms with Crippen molar-refractivity contribution >= 4 is 114 Å². The lowest BCUT2D eigenvalue weighted by Gasteiger charge is -2.19. The predicted molar refractivity (Wildman–Crippen MR) is 249 cm³/mol. The molecule has 0 radical (unpaired) electrons. The van der Waals surface area contributed by atoms with Crippen LogP contribution in [-0.4, -0.2) is 52.0 Å². The Bertz CT molecular complexity index is 2830. The van der Waals surface area contributed by atoms with Gasteiger partial charge >= 0.3 is 0 Å². The van der Waals surface area contributed by atoms with Crippen LogP contribution in [0.2, 0.25) is 20.1 Å². The molecule has 0 aliphatic rings. The van der Waals surface area contributed by atoms with Crippen molar-refractivity contribution < 1.29 is 45.0 Å². The molecule has 0 bridgehead atoms. The fourth-order valence-electron chi connectivity index (χ4n) is 6.11. The fraction of sp³-hybridized carbons (Fsp3) is 0.0455. The summed E-state index contributed by atoms with van der Waals surface area (Å²) < 4.78 is 75.7. The molecule has 6 aromatic rings. The SMILES string of the molecule is COc1ccccc1-c1cc(Sc2cc(-c3ccccc3OC)c(/C=C/C(=O)Nc3ccc(S(=O)(=O)O)cc3)c(Cl)c2Cl)c(Cl)c(Cl)c1/C=C/C(=O)Nc1ccc(S(=O)(=O)O)cc1. The summed E-state index contributed by atoms with van der Waals surface area (Å²) in [4.78, 5) is 26.4. The maximum atomic E-state index is 13.1. The smallest absolute Gasteiger partial charge is 0.294 e. The molecule has 0 atom stereocenters. The largest absolute Gasteiger partial charge is 0.496 e. The number of anilines is 2. The van der Waals surface area contributed by atoms with Crippen molar-refractivity contribution in [2.75, 3.05) is 24.9 Å². The number of ether oxygens (including phenoxy) is 2. The van der Waals surface area contributed by atoms with E-state index in [0.29, 0.717) is 54.7 Å². The maximum absolute atomic E-state index is 13.1. The molecule has 6 aromatic carbocycles. The van der Waals surface area contributed by atoms with Gasteiger partial charge in [0.15, 0.2) is 0 Å². The molecule has 0 aromatic heterocycles. The summed E-state index contributed by atoms with van der Waals surface area (Å²) in [6, 6.07) is 27.7. The molecule has 2 amide bonds. The van der Waals surface area contributed by atoms with E-state index in [1.54, 1.807) is 60.7 Å². The summed E-state index contributed by atoms with van der Waals surface area (Å²) in [5, 5.41) is 5.63. The standard InChI is InChI=1S/C44H32Cl4N2O10S3/c1-59-35-9-5-3-7-29(35)33-23-37(43(47)41(45)31(33)19-21-39(51)49-25-11-15-27(16-12-25)62(53,54)55)61-38-24-34(30-8-4-6-10-36(30)60-2)32(42(46)44(38)48)20-22-40(52)50-26-13-17-28(18-14-26)63(56,57)58/h3-24H,1-2H3,(H,49,51)(H,50,52)(H,53,54,55)(H,56,57,58)/b21-19+,22-20+. The molecular formula is C44H32Cl4N2O10S3. The van der Waals surface area contributed by atoms with E-state index in [9.17, 15) is 35.5 Å². The molecule has 19 heteroatoms. The number of carbonyl (C=O) groups is 2.